The van der Waals surface area contributed by atoms with Crippen molar-refractivity contribution >= 4 is 17.4 Å². The molecule has 0 aliphatic rings. The molecule has 3 nitrogen and oxygen atoms in total. The first-order valence-electron chi connectivity index (χ1n) is 4.58. The van der Waals surface area contributed by atoms with E-state index in [1.807, 2.05) is 19.2 Å². The molecule has 2 N–H and O–H groups in total. The Bertz CT molecular complexity index is 291. The monoisotopic (exact) mass is 212 g/mol. The maximum Gasteiger partial charge on any atom is 0.119 e. The second-order valence-electron chi connectivity index (χ2n) is 3.10. The number of aryl methyl sites for hydroxylation is 1. The number of aromatic nitrogens is 1. The standard InChI is InChI=1S/C10H16N2OS/c1-8-6-9(11)10(12-7-8)14-5-3-4-13-2/h6-7H,3-5,11H2,1-2H3. The minimum absolute atomic E-state index is 0.771. The van der Waals surface area contributed by atoms with E-state index in [4.69, 9.17) is 10.5 Å². The van der Waals surface area contributed by atoms with Gasteiger partial charge >= 0.3 is 0 Å². The highest BCUT2D eigenvalue weighted by Gasteiger charge is 2.01. The van der Waals surface area contributed by atoms with E-state index in [2.05, 4.69) is 4.98 Å². The first-order valence-corrected chi connectivity index (χ1v) is 5.56. The zero-order valence-corrected chi connectivity index (χ0v) is 9.43. The van der Waals surface area contributed by atoms with Gasteiger partial charge in [-0.05, 0) is 25.0 Å². The Hall–Kier alpha value is -0.740. The molecule has 1 heterocycles. The molecule has 0 saturated carbocycles. The Labute approximate surface area is 89.1 Å². The summed E-state index contributed by atoms with van der Waals surface area (Å²) in [6, 6.07) is 1.95. The molecule has 0 aromatic carbocycles. The Balaban J connectivity index is 2.42. The smallest absolute Gasteiger partial charge is 0.119 e. The molecular formula is C10H16N2OS. The largest absolute Gasteiger partial charge is 0.397 e. The van der Waals surface area contributed by atoms with Gasteiger partial charge in [-0.3, -0.25) is 0 Å². The van der Waals surface area contributed by atoms with Crippen molar-refractivity contribution in [2.45, 2.75) is 18.4 Å². The summed E-state index contributed by atoms with van der Waals surface area (Å²) in [6.07, 6.45) is 2.87. The summed E-state index contributed by atoms with van der Waals surface area (Å²) in [5.41, 5.74) is 7.69. The summed E-state index contributed by atoms with van der Waals surface area (Å²) in [5, 5.41) is 0.923. The SMILES string of the molecule is COCCCSc1ncc(C)cc1N. The molecule has 0 unspecified atom stereocenters. The van der Waals surface area contributed by atoms with Gasteiger partial charge in [-0.1, -0.05) is 0 Å². The van der Waals surface area contributed by atoms with E-state index in [0.29, 0.717) is 0 Å². The lowest BCUT2D eigenvalue weighted by molar-refractivity contribution is 0.200. The van der Waals surface area contributed by atoms with E-state index in [-0.39, 0.29) is 0 Å². The predicted octanol–water partition coefficient (Wildman–Crippen LogP) is 2.10. The van der Waals surface area contributed by atoms with Crippen LogP contribution in [0.1, 0.15) is 12.0 Å². The third-order valence-electron chi connectivity index (χ3n) is 1.75. The number of nitrogens with two attached hydrogens (primary N) is 1. The van der Waals surface area contributed by atoms with Crippen LogP contribution in [0.2, 0.25) is 0 Å². The average molecular weight is 212 g/mol. The van der Waals surface area contributed by atoms with Crippen molar-refractivity contribution in [1.29, 1.82) is 0 Å². The topological polar surface area (TPSA) is 48.1 Å². The number of pyridine rings is 1. The van der Waals surface area contributed by atoms with E-state index in [9.17, 15) is 0 Å². The fourth-order valence-electron chi connectivity index (χ4n) is 1.07. The van der Waals surface area contributed by atoms with Crippen molar-refractivity contribution in [3.05, 3.63) is 17.8 Å². The zero-order valence-electron chi connectivity index (χ0n) is 8.62. The van der Waals surface area contributed by atoms with Crippen molar-refractivity contribution in [3.8, 4) is 0 Å². The second kappa shape index (κ2) is 5.88. The second-order valence-corrected chi connectivity index (χ2v) is 4.19. The molecule has 78 valence electrons. The predicted molar refractivity (Wildman–Crippen MR) is 60.6 cm³/mol. The van der Waals surface area contributed by atoms with Crippen LogP contribution >= 0.6 is 11.8 Å². The van der Waals surface area contributed by atoms with Crippen molar-refractivity contribution < 1.29 is 4.74 Å². The van der Waals surface area contributed by atoms with Crippen molar-refractivity contribution in [3.63, 3.8) is 0 Å². The molecule has 4 heteroatoms. The van der Waals surface area contributed by atoms with Gasteiger partial charge in [-0.15, -0.1) is 11.8 Å². The van der Waals surface area contributed by atoms with E-state index in [1.165, 1.54) is 0 Å². The van der Waals surface area contributed by atoms with Crippen LogP contribution in [0, 0.1) is 6.92 Å². The summed E-state index contributed by atoms with van der Waals surface area (Å²) in [4.78, 5) is 4.27. The van der Waals surface area contributed by atoms with Gasteiger partial charge in [0.05, 0.1) is 5.69 Å². The van der Waals surface area contributed by atoms with Crippen LogP contribution in [-0.4, -0.2) is 24.5 Å². The quantitative estimate of drug-likeness (QED) is 0.600. The Morgan fingerprint density at radius 3 is 3.00 bits per heavy atom. The summed E-state index contributed by atoms with van der Waals surface area (Å²) >= 11 is 1.68. The highest BCUT2D eigenvalue weighted by molar-refractivity contribution is 7.99. The van der Waals surface area contributed by atoms with Gasteiger partial charge in [0.1, 0.15) is 5.03 Å². The lowest BCUT2D eigenvalue weighted by atomic mass is 10.3. The summed E-state index contributed by atoms with van der Waals surface area (Å²) < 4.78 is 4.96. The maximum atomic E-state index is 5.82. The molecule has 1 aromatic rings. The summed E-state index contributed by atoms with van der Waals surface area (Å²) in [6.45, 7) is 2.78. The van der Waals surface area contributed by atoms with E-state index >= 15 is 0 Å². The molecule has 0 aliphatic carbocycles. The van der Waals surface area contributed by atoms with Gasteiger partial charge < -0.3 is 10.5 Å². The Morgan fingerprint density at radius 2 is 2.36 bits per heavy atom. The fourth-order valence-corrected chi connectivity index (χ4v) is 1.88. The van der Waals surface area contributed by atoms with Crippen molar-refractivity contribution in [2.24, 2.45) is 0 Å². The highest BCUT2D eigenvalue weighted by Crippen LogP contribution is 2.23. The van der Waals surface area contributed by atoms with Crippen LogP contribution in [0.3, 0.4) is 0 Å². The number of methoxy groups -OCH3 is 1. The minimum atomic E-state index is 0.771. The third kappa shape index (κ3) is 3.55. The number of nitrogens with zero attached hydrogens (tertiary/aromatic N) is 1. The van der Waals surface area contributed by atoms with Crippen LogP contribution in [0.15, 0.2) is 17.3 Å². The van der Waals surface area contributed by atoms with E-state index < -0.39 is 0 Å². The van der Waals surface area contributed by atoms with Crippen molar-refractivity contribution in [2.75, 3.05) is 25.2 Å². The number of rotatable bonds is 5. The van der Waals surface area contributed by atoms with Crippen molar-refractivity contribution in [1.82, 2.24) is 4.98 Å². The molecule has 0 amide bonds. The first-order chi connectivity index (χ1) is 6.74. The number of hydrogen-bond donors (Lipinski definition) is 1. The van der Waals surface area contributed by atoms with Crippen LogP contribution in [0.25, 0.3) is 0 Å². The van der Waals surface area contributed by atoms with Gasteiger partial charge in [-0.2, -0.15) is 0 Å². The van der Waals surface area contributed by atoms with E-state index in [1.54, 1.807) is 18.9 Å². The molecule has 0 saturated heterocycles. The molecule has 1 rings (SSSR count). The first kappa shape index (κ1) is 11.3. The Morgan fingerprint density at radius 1 is 1.57 bits per heavy atom. The maximum absolute atomic E-state index is 5.82. The summed E-state index contributed by atoms with van der Waals surface area (Å²) in [7, 11) is 1.71. The van der Waals surface area contributed by atoms with Crippen LogP contribution < -0.4 is 5.73 Å². The number of anilines is 1. The molecule has 1 aromatic heterocycles. The van der Waals surface area contributed by atoms with Crippen LogP contribution in [0.5, 0.6) is 0 Å². The normalized spacial score (nSPS) is 10.4. The fraction of sp³-hybridized carbons (Fsp3) is 0.500. The molecule has 0 spiro atoms. The number of nitrogen functional groups attached to an aromatic ring is 1. The lowest BCUT2D eigenvalue weighted by Gasteiger charge is -2.04. The molecule has 0 aliphatic heterocycles. The Kier molecular flexibility index (Phi) is 4.76. The van der Waals surface area contributed by atoms with Crippen LogP contribution in [0.4, 0.5) is 5.69 Å². The molecule has 0 fully saturated rings. The van der Waals surface area contributed by atoms with Gasteiger partial charge in [0.25, 0.3) is 0 Å². The molecule has 0 radical (unpaired) electrons. The van der Waals surface area contributed by atoms with Gasteiger partial charge in [0, 0.05) is 25.7 Å². The van der Waals surface area contributed by atoms with Gasteiger partial charge in [0.2, 0.25) is 0 Å². The molecule has 0 atom stereocenters. The molecule has 0 bridgehead atoms. The average Bonchev–Trinajstić information content (AvgIpc) is 2.15. The molecular weight excluding hydrogens is 196 g/mol. The summed E-state index contributed by atoms with van der Waals surface area (Å²) in [5.74, 6) is 0.994. The lowest BCUT2D eigenvalue weighted by Crippen LogP contribution is -1.95. The highest BCUT2D eigenvalue weighted by atomic mass is 32.2. The van der Waals surface area contributed by atoms with Gasteiger partial charge in [-0.25, -0.2) is 4.98 Å². The van der Waals surface area contributed by atoms with E-state index in [0.717, 1.165) is 35.1 Å². The number of hydrogen-bond acceptors (Lipinski definition) is 4. The third-order valence-corrected chi connectivity index (χ3v) is 2.85. The van der Waals surface area contributed by atoms with Crippen LogP contribution in [-0.2, 0) is 4.74 Å². The number of ether oxygens (including phenoxy) is 1. The molecule has 14 heavy (non-hydrogen) atoms. The number of thioether (sulfide) groups is 1. The zero-order chi connectivity index (χ0) is 10.4. The van der Waals surface area contributed by atoms with Gasteiger partial charge in [0.15, 0.2) is 0 Å². The minimum Gasteiger partial charge on any atom is -0.397 e.